The van der Waals surface area contributed by atoms with Crippen molar-refractivity contribution in [2.45, 2.75) is 78.1 Å². The van der Waals surface area contributed by atoms with Crippen molar-refractivity contribution in [1.29, 1.82) is 0 Å². The van der Waals surface area contributed by atoms with E-state index in [4.69, 9.17) is 11.6 Å². The van der Waals surface area contributed by atoms with Crippen molar-refractivity contribution < 1.29 is 0 Å². The van der Waals surface area contributed by atoms with Crippen LogP contribution in [0.2, 0.25) is 0 Å². The first-order valence-corrected chi connectivity index (χ1v) is 7.40. The van der Waals surface area contributed by atoms with Gasteiger partial charge in [0.1, 0.15) is 0 Å². The molecule has 0 aromatic carbocycles. The molecule has 0 N–H and O–H groups in total. The molecule has 1 heteroatoms. The summed E-state index contributed by atoms with van der Waals surface area (Å²) in [6, 6.07) is 0. The first kappa shape index (κ1) is 15.3. The number of alkyl halides is 1. The van der Waals surface area contributed by atoms with Gasteiger partial charge in [0, 0.05) is 5.88 Å². The lowest BCUT2D eigenvalue weighted by Crippen LogP contribution is -1.95. The molecule has 0 saturated carbocycles. The van der Waals surface area contributed by atoms with Crippen molar-refractivity contribution in [3.05, 3.63) is 0 Å². The van der Waals surface area contributed by atoms with Gasteiger partial charge in [-0.2, -0.15) is 0 Å². The fourth-order valence-electron chi connectivity index (χ4n) is 2.02. The Balaban J connectivity index is 3.02. The maximum absolute atomic E-state index is 5.68. The van der Waals surface area contributed by atoms with Gasteiger partial charge in [-0.1, -0.05) is 65.2 Å². The molecule has 0 aliphatic rings. The van der Waals surface area contributed by atoms with Crippen LogP contribution in [0.25, 0.3) is 0 Å². The van der Waals surface area contributed by atoms with Crippen molar-refractivity contribution in [1.82, 2.24) is 0 Å². The number of unbranched alkanes of at least 4 members (excludes halogenated alkanes) is 6. The van der Waals surface area contributed by atoms with Gasteiger partial charge < -0.3 is 0 Å². The van der Waals surface area contributed by atoms with Crippen LogP contribution in [0.4, 0.5) is 0 Å². The summed E-state index contributed by atoms with van der Waals surface area (Å²) in [4.78, 5) is 0. The topological polar surface area (TPSA) is 0 Å². The van der Waals surface area contributed by atoms with Gasteiger partial charge in [-0.15, -0.1) is 11.6 Å². The van der Waals surface area contributed by atoms with E-state index >= 15 is 0 Å². The highest BCUT2D eigenvalue weighted by atomic mass is 35.5. The van der Waals surface area contributed by atoms with Crippen molar-refractivity contribution in [3.63, 3.8) is 0 Å². The Hall–Kier alpha value is 0.290. The van der Waals surface area contributed by atoms with Gasteiger partial charge in [0.2, 0.25) is 0 Å². The van der Waals surface area contributed by atoms with E-state index in [1.807, 2.05) is 0 Å². The van der Waals surface area contributed by atoms with Crippen molar-refractivity contribution >= 4 is 11.6 Å². The third-order valence-electron chi connectivity index (χ3n) is 3.13. The van der Waals surface area contributed by atoms with Crippen LogP contribution < -0.4 is 0 Å². The minimum absolute atomic E-state index is 0.835. The molecule has 0 amide bonds. The highest BCUT2D eigenvalue weighted by Gasteiger charge is 2.00. The van der Waals surface area contributed by atoms with E-state index in [1.165, 1.54) is 64.2 Å². The van der Waals surface area contributed by atoms with E-state index in [1.54, 1.807) is 0 Å². The molecule has 0 nitrogen and oxygen atoms in total. The van der Waals surface area contributed by atoms with Gasteiger partial charge in [0.05, 0.1) is 0 Å². The van der Waals surface area contributed by atoms with Crippen LogP contribution in [0.15, 0.2) is 0 Å². The highest BCUT2D eigenvalue weighted by Crippen LogP contribution is 2.16. The zero-order chi connectivity index (χ0) is 11.4. The zero-order valence-corrected chi connectivity index (χ0v) is 11.5. The van der Waals surface area contributed by atoms with Crippen LogP contribution in [0, 0.1) is 5.92 Å². The third kappa shape index (κ3) is 12.2. The van der Waals surface area contributed by atoms with E-state index in [-0.39, 0.29) is 0 Å². The summed E-state index contributed by atoms with van der Waals surface area (Å²) in [6.07, 6.45) is 13.9. The van der Waals surface area contributed by atoms with Crippen LogP contribution in [0.1, 0.15) is 78.1 Å². The molecule has 1 atom stereocenters. The average Bonchev–Trinajstić information content (AvgIpc) is 2.25. The smallest absolute Gasteiger partial charge is 0.0223 e. The van der Waals surface area contributed by atoms with Gasteiger partial charge in [-0.25, -0.2) is 0 Å². The van der Waals surface area contributed by atoms with Gasteiger partial charge in [0.15, 0.2) is 0 Å². The average molecular weight is 233 g/mol. The fourth-order valence-corrected chi connectivity index (χ4v) is 2.17. The molecule has 0 aromatic rings. The molecule has 15 heavy (non-hydrogen) atoms. The van der Waals surface area contributed by atoms with E-state index in [0.29, 0.717) is 0 Å². The summed E-state index contributed by atoms with van der Waals surface area (Å²) in [6.45, 7) is 4.64. The Morgan fingerprint density at radius 1 is 0.800 bits per heavy atom. The SMILES string of the molecule is CCCCCCCCCC(C)CCCCl. The Morgan fingerprint density at radius 2 is 1.33 bits per heavy atom. The lowest BCUT2D eigenvalue weighted by molar-refractivity contribution is 0.452. The van der Waals surface area contributed by atoms with Crippen LogP contribution in [0.5, 0.6) is 0 Å². The molecule has 0 heterocycles. The molecule has 0 saturated heterocycles. The molecule has 0 rings (SSSR count). The number of hydrogen-bond acceptors (Lipinski definition) is 0. The second-order valence-corrected chi connectivity index (χ2v) is 5.22. The van der Waals surface area contributed by atoms with E-state index in [2.05, 4.69) is 13.8 Å². The first-order valence-electron chi connectivity index (χ1n) is 6.87. The Kier molecular flexibility index (Phi) is 12.6. The minimum Gasteiger partial charge on any atom is -0.127 e. The summed E-state index contributed by atoms with van der Waals surface area (Å²) >= 11 is 5.68. The molecule has 0 spiro atoms. The van der Waals surface area contributed by atoms with Crippen LogP contribution in [-0.4, -0.2) is 5.88 Å². The lowest BCUT2D eigenvalue weighted by Gasteiger charge is -2.09. The van der Waals surface area contributed by atoms with Crippen molar-refractivity contribution in [2.24, 2.45) is 5.92 Å². The third-order valence-corrected chi connectivity index (χ3v) is 3.40. The fraction of sp³-hybridized carbons (Fsp3) is 1.00. The van der Waals surface area contributed by atoms with Crippen LogP contribution in [-0.2, 0) is 0 Å². The predicted molar refractivity (Wildman–Crippen MR) is 71.7 cm³/mol. The van der Waals surface area contributed by atoms with E-state index in [0.717, 1.165) is 11.8 Å². The summed E-state index contributed by atoms with van der Waals surface area (Å²) in [5.74, 6) is 1.72. The number of hydrogen-bond donors (Lipinski definition) is 0. The normalized spacial score (nSPS) is 13.0. The molecule has 0 aliphatic carbocycles. The summed E-state index contributed by atoms with van der Waals surface area (Å²) in [5.41, 5.74) is 0. The molecule has 92 valence electrons. The monoisotopic (exact) mass is 232 g/mol. The molecule has 0 radical (unpaired) electrons. The van der Waals surface area contributed by atoms with Crippen molar-refractivity contribution in [2.75, 3.05) is 5.88 Å². The molecular weight excluding hydrogens is 204 g/mol. The number of halogens is 1. The Morgan fingerprint density at radius 3 is 1.93 bits per heavy atom. The summed E-state index contributed by atoms with van der Waals surface area (Å²) in [5, 5.41) is 0. The molecule has 1 unspecified atom stereocenters. The molecule has 0 aromatic heterocycles. The minimum atomic E-state index is 0.835. The van der Waals surface area contributed by atoms with E-state index < -0.39 is 0 Å². The quantitative estimate of drug-likeness (QED) is 0.313. The molecule has 0 bridgehead atoms. The predicted octanol–water partition coefficient (Wildman–Crippen LogP) is 5.78. The Labute approximate surface area is 102 Å². The van der Waals surface area contributed by atoms with Crippen molar-refractivity contribution in [3.8, 4) is 0 Å². The van der Waals surface area contributed by atoms with E-state index in [9.17, 15) is 0 Å². The first-order chi connectivity index (χ1) is 7.31. The molecule has 0 fully saturated rings. The highest BCUT2D eigenvalue weighted by molar-refractivity contribution is 6.17. The maximum atomic E-state index is 5.68. The van der Waals surface area contributed by atoms with Gasteiger partial charge in [0.25, 0.3) is 0 Å². The zero-order valence-electron chi connectivity index (χ0n) is 10.7. The second kappa shape index (κ2) is 12.4. The lowest BCUT2D eigenvalue weighted by atomic mass is 9.98. The molecular formula is C14H29Cl. The van der Waals surface area contributed by atoms with Crippen LogP contribution in [0.3, 0.4) is 0 Å². The standard InChI is InChI=1S/C14H29Cl/c1-3-4-5-6-7-8-9-11-14(2)12-10-13-15/h14H,3-13H2,1-2H3. The van der Waals surface area contributed by atoms with Gasteiger partial charge >= 0.3 is 0 Å². The maximum Gasteiger partial charge on any atom is 0.0223 e. The van der Waals surface area contributed by atoms with Crippen LogP contribution >= 0.6 is 11.6 Å². The second-order valence-electron chi connectivity index (χ2n) is 4.85. The van der Waals surface area contributed by atoms with Gasteiger partial charge in [-0.05, 0) is 18.8 Å². The Bertz CT molecular complexity index is 112. The largest absolute Gasteiger partial charge is 0.127 e. The number of rotatable bonds is 11. The summed E-state index contributed by atoms with van der Waals surface area (Å²) < 4.78 is 0. The molecule has 0 aliphatic heterocycles. The van der Waals surface area contributed by atoms with Gasteiger partial charge in [-0.3, -0.25) is 0 Å². The summed E-state index contributed by atoms with van der Waals surface area (Å²) in [7, 11) is 0.